The fraction of sp³-hybridized carbons (Fsp3) is 0.154. The maximum absolute atomic E-state index is 13.9. The fourth-order valence-electron chi connectivity index (χ4n) is 4.62. The number of hydrogen-bond donors (Lipinski definition) is 0. The van der Waals surface area contributed by atoms with Gasteiger partial charge in [-0.2, -0.15) is 18.3 Å². The number of aliphatic imine (C=N–C) groups is 1. The molecule has 0 N–H and O–H groups in total. The zero-order valence-corrected chi connectivity index (χ0v) is 19.2. The number of fused-ring (bicyclic) bond motifs is 4. The normalized spacial score (nSPS) is 16.7. The number of rotatable bonds is 2. The van der Waals surface area contributed by atoms with Gasteiger partial charge in [-0.1, -0.05) is 54.1 Å². The standard InChI is InChI=1S/C26H19F3N4S/c1-15-11-13-17(14-12-15)23-22-16(2)31-33(19-8-4-3-7-18(19)26(27,28)29)24(22)30-25-32(23)20-9-5-6-10-21(20)34-25/h3-14,23H,1-2H3. The summed E-state index contributed by atoms with van der Waals surface area (Å²) in [5.74, 6) is 0.436. The highest BCUT2D eigenvalue weighted by Gasteiger charge is 2.42. The lowest BCUT2D eigenvalue weighted by molar-refractivity contribution is -0.137. The van der Waals surface area contributed by atoms with E-state index >= 15 is 0 Å². The predicted molar refractivity (Wildman–Crippen MR) is 128 cm³/mol. The van der Waals surface area contributed by atoms with E-state index in [2.05, 4.69) is 28.2 Å². The second-order valence-corrected chi connectivity index (χ2v) is 9.41. The van der Waals surface area contributed by atoms with Crippen molar-refractivity contribution in [2.24, 2.45) is 4.99 Å². The molecular formula is C26H19F3N4S. The molecule has 0 aliphatic carbocycles. The van der Waals surface area contributed by atoms with Gasteiger partial charge in [0.15, 0.2) is 11.0 Å². The van der Waals surface area contributed by atoms with Crippen molar-refractivity contribution in [2.75, 3.05) is 4.90 Å². The van der Waals surface area contributed by atoms with Gasteiger partial charge in [-0.15, -0.1) is 0 Å². The topological polar surface area (TPSA) is 33.4 Å². The Balaban J connectivity index is 1.62. The molecule has 2 aliphatic rings. The first-order valence-corrected chi connectivity index (χ1v) is 11.6. The minimum Gasteiger partial charge on any atom is -0.308 e. The number of nitrogens with zero attached hydrogens (tertiary/aromatic N) is 4. The van der Waals surface area contributed by atoms with Crippen LogP contribution < -0.4 is 4.90 Å². The molecule has 2 aliphatic heterocycles. The molecule has 1 aromatic heterocycles. The van der Waals surface area contributed by atoms with Gasteiger partial charge in [0, 0.05) is 10.5 Å². The lowest BCUT2D eigenvalue weighted by atomic mass is 9.94. The third kappa shape index (κ3) is 3.16. The molecule has 3 aromatic carbocycles. The maximum Gasteiger partial charge on any atom is 0.418 e. The molecule has 4 nitrogen and oxygen atoms in total. The van der Waals surface area contributed by atoms with Gasteiger partial charge in [0.1, 0.15) is 0 Å². The monoisotopic (exact) mass is 476 g/mol. The number of aryl methyl sites for hydroxylation is 2. The van der Waals surface area contributed by atoms with E-state index in [0.717, 1.165) is 38.5 Å². The third-order valence-corrected chi connectivity index (χ3v) is 7.21. The molecule has 8 heteroatoms. The molecule has 0 amide bonds. The molecule has 3 heterocycles. The summed E-state index contributed by atoms with van der Waals surface area (Å²) < 4.78 is 42.9. The molecule has 0 radical (unpaired) electrons. The Bertz CT molecular complexity index is 1450. The maximum atomic E-state index is 13.9. The van der Waals surface area contributed by atoms with Gasteiger partial charge in [-0.05, 0) is 55.4 Å². The summed E-state index contributed by atoms with van der Waals surface area (Å²) in [4.78, 5) is 8.11. The Hall–Kier alpha value is -3.52. The van der Waals surface area contributed by atoms with Crippen LogP contribution in [-0.2, 0) is 6.18 Å². The molecule has 4 aromatic rings. The van der Waals surface area contributed by atoms with Crippen LogP contribution in [-0.4, -0.2) is 14.9 Å². The average Bonchev–Trinajstić information content (AvgIpc) is 3.35. The first-order chi connectivity index (χ1) is 16.3. The molecule has 34 heavy (non-hydrogen) atoms. The smallest absolute Gasteiger partial charge is 0.308 e. The fourth-order valence-corrected chi connectivity index (χ4v) is 5.67. The van der Waals surface area contributed by atoms with Crippen molar-refractivity contribution >= 4 is 28.4 Å². The van der Waals surface area contributed by atoms with Crippen LogP contribution >= 0.6 is 11.8 Å². The summed E-state index contributed by atoms with van der Waals surface area (Å²) in [6.07, 6.45) is -4.51. The minimum atomic E-state index is -4.51. The lowest BCUT2D eigenvalue weighted by Crippen LogP contribution is -2.33. The van der Waals surface area contributed by atoms with Gasteiger partial charge in [0.25, 0.3) is 0 Å². The van der Waals surface area contributed by atoms with Gasteiger partial charge < -0.3 is 4.90 Å². The number of para-hydroxylation sites is 2. The number of thioether (sulfide) groups is 1. The van der Waals surface area contributed by atoms with E-state index in [1.165, 1.54) is 28.6 Å². The second-order valence-electron chi connectivity index (χ2n) is 8.40. The number of amidine groups is 1. The van der Waals surface area contributed by atoms with E-state index in [1.807, 2.05) is 44.2 Å². The van der Waals surface area contributed by atoms with Gasteiger partial charge in [-0.25, -0.2) is 9.67 Å². The van der Waals surface area contributed by atoms with E-state index in [4.69, 9.17) is 4.99 Å². The Morgan fingerprint density at radius 2 is 1.53 bits per heavy atom. The van der Waals surface area contributed by atoms with Crippen LogP contribution in [0.4, 0.5) is 24.7 Å². The molecule has 1 unspecified atom stereocenters. The van der Waals surface area contributed by atoms with Crippen LogP contribution in [0.2, 0.25) is 0 Å². The molecule has 0 saturated carbocycles. The first kappa shape index (κ1) is 21.0. The minimum absolute atomic E-state index is 0.0275. The molecule has 0 spiro atoms. The van der Waals surface area contributed by atoms with Crippen molar-refractivity contribution < 1.29 is 13.2 Å². The molecule has 0 saturated heterocycles. The average molecular weight is 477 g/mol. The summed E-state index contributed by atoms with van der Waals surface area (Å²) in [5.41, 5.74) is 3.89. The van der Waals surface area contributed by atoms with Crippen molar-refractivity contribution in [1.82, 2.24) is 9.78 Å². The van der Waals surface area contributed by atoms with E-state index < -0.39 is 11.7 Å². The van der Waals surface area contributed by atoms with Crippen LogP contribution in [0.25, 0.3) is 5.69 Å². The van der Waals surface area contributed by atoms with E-state index in [0.29, 0.717) is 11.5 Å². The summed E-state index contributed by atoms with van der Waals surface area (Å²) in [6.45, 7) is 3.86. The van der Waals surface area contributed by atoms with E-state index in [9.17, 15) is 13.2 Å². The molecular weight excluding hydrogens is 457 g/mol. The number of benzene rings is 3. The highest BCUT2D eigenvalue weighted by molar-refractivity contribution is 8.14. The Morgan fingerprint density at radius 1 is 0.853 bits per heavy atom. The van der Waals surface area contributed by atoms with Gasteiger partial charge in [-0.3, -0.25) is 0 Å². The second kappa shape index (κ2) is 7.50. The highest BCUT2D eigenvalue weighted by Crippen LogP contribution is 2.52. The number of aromatic nitrogens is 2. The van der Waals surface area contributed by atoms with Gasteiger partial charge in [0.2, 0.25) is 0 Å². The first-order valence-electron chi connectivity index (χ1n) is 10.8. The zero-order chi connectivity index (χ0) is 23.6. The van der Waals surface area contributed by atoms with E-state index in [1.54, 1.807) is 6.07 Å². The molecule has 0 bridgehead atoms. The van der Waals surface area contributed by atoms with Crippen LogP contribution in [0.3, 0.4) is 0 Å². The highest BCUT2D eigenvalue weighted by atomic mass is 32.2. The van der Waals surface area contributed by atoms with Crippen molar-refractivity contribution in [3.8, 4) is 5.69 Å². The molecule has 1 atom stereocenters. The van der Waals surface area contributed by atoms with Crippen molar-refractivity contribution in [2.45, 2.75) is 31.0 Å². The predicted octanol–water partition coefficient (Wildman–Crippen LogP) is 7.21. The van der Waals surface area contributed by atoms with E-state index in [-0.39, 0.29) is 11.7 Å². The number of anilines is 1. The third-order valence-electron chi connectivity index (χ3n) is 6.18. The van der Waals surface area contributed by atoms with Crippen LogP contribution in [0, 0.1) is 13.8 Å². The molecule has 0 fully saturated rings. The van der Waals surface area contributed by atoms with Crippen LogP contribution in [0.15, 0.2) is 82.7 Å². The quantitative estimate of drug-likeness (QED) is 0.306. The van der Waals surface area contributed by atoms with Crippen LogP contribution in [0.5, 0.6) is 0 Å². The largest absolute Gasteiger partial charge is 0.418 e. The zero-order valence-electron chi connectivity index (χ0n) is 18.3. The lowest BCUT2D eigenvalue weighted by Gasteiger charge is -2.33. The van der Waals surface area contributed by atoms with Crippen molar-refractivity contribution in [3.05, 3.63) is 101 Å². The number of alkyl halides is 3. The number of hydrogen-bond acceptors (Lipinski definition) is 4. The van der Waals surface area contributed by atoms with Crippen molar-refractivity contribution in [3.63, 3.8) is 0 Å². The summed E-state index contributed by atoms with van der Waals surface area (Å²) in [7, 11) is 0. The SMILES string of the molecule is Cc1ccc(C2c3c(C)nn(-c4ccccc4C(F)(F)F)c3N=C3Sc4ccccc4N32)cc1. The molecule has 170 valence electrons. The summed E-state index contributed by atoms with van der Waals surface area (Å²) in [6, 6.07) is 21.5. The van der Waals surface area contributed by atoms with Gasteiger partial charge >= 0.3 is 6.18 Å². The van der Waals surface area contributed by atoms with Crippen molar-refractivity contribution in [1.29, 1.82) is 0 Å². The Kier molecular flexibility index (Phi) is 4.64. The number of halogens is 3. The Morgan fingerprint density at radius 3 is 2.26 bits per heavy atom. The Labute approximate surface area is 198 Å². The summed E-state index contributed by atoms with van der Waals surface area (Å²) in [5, 5.41) is 5.31. The van der Waals surface area contributed by atoms with Crippen LogP contribution in [0.1, 0.15) is 34.0 Å². The van der Waals surface area contributed by atoms with Gasteiger partial charge in [0.05, 0.1) is 28.7 Å². The summed E-state index contributed by atoms with van der Waals surface area (Å²) >= 11 is 1.52. The molecule has 6 rings (SSSR count).